The van der Waals surface area contributed by atoms with Crippen LogP contribution in [0.15, 0.2) is 60.7 Å². The van der Waals surface area contributed by atoms with E-state index in [-0.39, 0.29) is 12.0 Å². The van der Waals surface area contributed by atoms with Gasteiger partial charge in [0.05, 0.1) is 18.9 Å². The Morgan fingerprint density at radius 3 is 2.50 bits per heavy atom. The van der Waals surface area contributed by atoms with Crippen LogP contribution in [0, 0.1) is 0 Å². The van der Waals surface area contributed by atoms with Crippen LogP contribution in [0.5, 0.6) is 0 Å². The topological polar surface area (TPSA) is 38.8 Å². The van der Waals surface area contributed by atoms with Crippen LogP contribution in [-0.2, 0) is 16.1 Å². The molecule has 0 aliphatic carbocycles. The summed E-state index contributed by atoms with van der Waals surface area (Å²) in [6.07, 6.45) is 2.15. The molecule has 1 heterocycles. The molecule has 1 saturated heterocycles. The van der Waals surface area contributed by atoms with E-state index in [1.807, 2.05) is 36.4 Å². The molecule has 0 bridgehead atoms. The van der Waals surface area contributed by atoms with Gasteiger partial charge in [-0.05, 0) is 30.5 Å². The summed E-state index contributed by atoms with van der Waals surface area (Å²) in [7, 11) is 0. The molecule has 0 saturated carbocycles. The second-order valence-electron chi connectivity index (χ2n) is 6.04. The quantitative estimate of drug-likeness (QED) is 0.731. The summed E-state index contributed by atoms with van der Waals surface area (Å²) in [4.78, 5) is 14.3. The van der Waals surface area contributed by atoms with Gasteiger partial charge in [-0.3, -0.25) is 4.90 Å². The molecule has 2 aromatic carbocycles. The minimum atomic E-state index is -0.257. The Morgan fingerprint density at radius 2 is 1.75 bits per heavy atom. The molecule has 4 heteroatoms. The van der Waals surface area contributed by atoms with Crippen LogP contribution >= 0.6 is 0 Å². The van der Waals surface area contributed by atoms with E-state index in [1.54, 1.807) is 12.1 Å². The van der Waals surface area contributed by atoms with E-state index in [2.05, 4.69) is 17.0 Å². The first kappa shape index (κ1) is 16.7. The van der Waals surface area contributed by atoms with E-state index >= 15 is 0 Å². The van der Waals surface area contributed by atoms with Crippen LogP contribution in [0.25, 0.3) is 0 Å². The van der Waals surface area contributed by atoms with Gasteiger partial charge in [0, 0.05) is 12.6 Å². The maximum Gasteiger partial charge on any atom is 0.338 e. The number of rotatable bonds is 7. The first-order valence-electron chi connectivity index (χ1n) is 8.41. The first-order chi connectivity index (χ1) is 11.8. The van der Waals surface area contributed by atoms with E-state index in [4.69, 9.17) is 9.47 Å². The lowest BCUT2D eigenvalue weighted by atomic mass is 10.2. The number of nitrogens with zero attached hydrogens (tertiary/aromatic N) is 1. The van der Waals surface area contributed by atoms with Gasteiger partial charge in [0.25, 0.3) is 0 Å². The zero-order valence-corrected chi connectivity index (χ0v) is 13.8. The van der Waals surface area contributed by atoms with E-state index < -0.39 is 0 Å². The molecule has 1 aliphatic heterocycles. The molecule has 0 radical (unpaired) electrons. The van der Waals surface area contributed by atoms with Crippen molar-refractivity contribution in [3.8, 4) is 0 Å². The Morgan fingerprint density at radius 1 is 1.04 bits per heavy atom. The van der Waals surface area contributed by atoms with Crippen LogP contribution in [-0.4, -0.2) is 36.8 Å². The molecule has 0 amide bonds. The van der Waals surface area contributed by atoms with E-state index in [0.717, 1.165) is 19.4 Å². The Hall–Kier alpha value is -2.17. The second-order valence-corrected chi connectivity index (χ2v) is 6.04. The predicted octanol–water partition coefficient (Wildman–Crippen LogP) is 3.48. The molecule has 4 nitrogen and oxygen atoms in total. The zero-order chi connectivity index (χ0) is 16.6. The first-order valence-corrected chi connectivity index (χ1v) is 8.41. The molecule has 1 atom stereocenters. The SMILES string of the molecule is O=C(OCC1CCCN1COCc1ccccc1)c1ccccc1. The molecular formula is C20H23NO3. The minimum Gasteiger partial charge on any atom is -0.460 e. The molecule has 3 rings (SSSR count). The van der Waals surface area contributed by atoms with Crippen molar-refractivity contribution >= 4 is 5.97 Å². The van der Waals surface area contributed by atoms with Gasteiger partial charge in [0.2, 0.25) is 0 Å². The highest BCUT2D eigenvalue weighted by molar-refractivity contribution is 5.89. The highest BCUT2D eigenvalue weighted by atomic mass is 16.5. The molecular weight excluding hydrogens is 302 g/mol. The molecule has 1 aliphatic rings. The molecule has 0 aromatic heterocycles. The molecule has 126 valence electrons. The summed E-state index contributed by atoms with van der Waals surface area (Å²) < 4.78 is 11.3. The van der Waals surface area contributed by atoms with E-state index in [1.165, 1.54) is 5.56 Å². The Kier molecular flexibility index (Phi) is 5.99. The van der Waals surface area contributed by atoms with Crippen molar-refractivity contribution in [2.75, 3.05) is 19.9 Å². The number of carbonyl (C=O) groups is 1. The van der Waals surface area contributed by atoms with Gasteiger partial charge in [-0.2, -0.15) is 0 Å². The van der Waals surface area contributed by atoms with Gasteiger partial charge in [0.1, 0.15) is 6.61 Å². The van der Waals surface area contributed by atoms with Crippen molar-refractivity contribution in [2.24, 2.45) is 0 Å². The fourth-order valence-electron chi connectivity index (χ4n) is 2.94. The maximum absolute atomic E-state index is 12.0. The highest BCUT2D eigenvalue weighted by Gasteiger charge is 2.25. The van der Waals surface area contributed by atoms with Gasteiger partial charge in [-0.15, -0.1) is 0 Å². The van der Waals surface area contributed by atoms with Crippen LogP contribution < -0.4 is 0 Å². The third-order valence-corrected chi connectivity index (χ3v) is 4.28. The number of hydrogen-bond donors (Lipinski definition) is 0. The zero-order valence-electron chi connectivity index (χ0n) is 13.8. The molecule has 24 heavy (non-hydrogen) atoms. The smallest absolute Gasteiger partial charge is 0.338 e. The summed E-state index contributed by atoms with van der Waals surface area (Å²) in [5.74, 6) is -0.257. The summed E-state index contributed by atoms with van der Waals surface area (Å²) in [6.45, 7) is 2.58. The average Bonchev–Trinajstić information content (AvgIpc) is 3.09. The molecule has 2 aromatic rings. The van der Waals surface area contributed by atoms with Crippen LogP contribution in [0.1, 0.15) is 28.8 Å². The normalized spacial score (nSPS) is 17.8. The van der Waals surface area contributed by atoms with E-state index in [0.29, 0.717) is 25.5 Å². The third-order valence-electron chi connectivity index (χ3n) is 4.28. The van der Waals surface area contributed by atoms with Gasteiger partial charge < -0.3 is 9.47 Å². The van der Waals surface area contributed by atoms with Crippen molar-refractivity contribution in [2.45, 2.75) is 25.5 Å². The van der Waals surface area contributed by atoms with Crippen LogP contribution in [0.4, 0.5) is 0 Å². The lowest BCUT2D eigenvalue weighted by Gasteiger charge is -2.23. The summed E-state index contributed by atoms with van der Waals surface area (Å²) in [5, 5.41) is 0. The molecule has 0 N–H and O–H groups in total. The fourth-order valence-corrected chi connectivity index (χ4v) is 2.94. The molecule has 0 spiro atoms. The van der Waals surface area contributed by atoms with E-state index in [9.17, 15) is 4.79 Å². The summed E-state index contributed by atoms with van der Waals surface area (Å²) in [6, 6.07) is 19.5. The van der Waals surface area contributed by atoms with Gasteiger partial charge in [-0.25, -0.2) is 4.79 Å². The number of likely N-dealkylation sites (tertiary alicyclic amines) is 1. The largest absolute Gasteiger partial charge is 0.460 e. The van der Waals surface area contributed by atoms with Gasteiger partial charge in [0.15, 0.2) is 0 Å². The van der Waals surface area contributed by atoms with Crippen LogP contribution in [0.3, 0.4) is 0 Å². The van der Waals surface area contributed by atoms with Crippen molar-refractivity contribution in [1.29, 1.82) is 0 Å². The second kappa shape index (κ2) is 8.62. The summed E-state index contributed by atoms with van der Waals surface area (Å²) in [5.41, 5.74) is 1.77. The van der Waals surface area contributed by atoms with Crippen molar-refractivity contribution < 1.29 is 14.3 Å². The standard InChI is InChI=1S/C20H23NO3/c22-20(18-10-5-2-6-11-18)24-15-19-12-7-13-21(19)16-23-14-17-8-3-1-4-9-17/h1-6,8-11,19H,7,12-16H2. The Balaban J connectivity index is 1.43. The number of ether oxygens (including phenoxy) is 2. The van der Waals surface area contributed by atoms with Crippen molar-refractivity contribution in [1.82, 2.24) is 4.90 Å². The lowest BCUT2D eigenvalue weighted by Crippen LogP contribution is -2.35. The number of esters is 1. The number of benzene rings is 2. The maximum atomic E-state index is 12.0. The van der Waals surface area contributed by atoms with Gasteiger partial charge >= 0.3 is 5.97 Å². The van der Waals surface area contributed by atoms with Gasteiger partial charge in [-0.1, -0.05) is 48.5 Å². The predicted molar refractivity (Wildman–Crippen MR) is 92.6 cm³/mol. The average molecular weight is 325 g/mol. The highest BCUT2D eigenvalue weighted by Crippen LogP contribution is 2.18. The number of carbonyl (C=O) groups excluding carboxylic acids is 1. The monoisotopic (exact) mass is 325 g/mol. The Labute approximate surface area is 143 Å². The lowest BCUT2D eigenvalue weighted by molar-refractivity contribution is -0.00737. The molecule has 1 unspecified atom stereocenters. The number of hydrogen-bond acceptors (Lipinski definition) is 4. The third kappa shape index (κ3) is 4.66. The Bertz CT molecular complexity index is 630. The van der Waals surface area contributed by atoms with Crippen LogP contribution in [0.2, 0.25) is 0 Å². The minimum absolute atomic E-state index is 0.244. The van der Waals surface area contributed by atoms with Crippen molar-refractivity contribution in [3.63, 3.8) is 0 Å². The molecule has 1 fully saturated rings. The summed E-state index contributed by atoms with van der Waals surface area (Å²) >= 11 is 0. The van der Waals surface area contributed by atoms with Crippen molar-refractivity contribution in [3.05, 3.63) is 71.8 Å². The fraction of sp³-hybridized carbons (Fsp3) is 0.350.